The zero-order valence-electron chi connectivity index (χ0n) is 31.8. The van der Waals surface area contributed by atoms with Gasteiger partial charge in [-0.2, -0.15) is 5.26 Å². The van der Waals surface area contributed by atoms with E-state index >= 15 is 0 Å². The molecule has 14 heteroatoms. The minimum atomic E-state index is -0.642. The fourth-order valence-electron chi connectivity index (χ4n) is 8.53. The van der Waals surface area contributed by atoms with E-state index < -0.39 is 11.9 Å². The van der Waals surface area contributed by atoms with Crippen molar-refractivity contribution in [2.75, 3.05) is 6.61 Å². The highest BCUT2D eigenvalue weighted by atomic mass is 35.5. The highest BCUT2D eigenvalue weighted by Crippen LogP contribution is 2.55. The number of aryl methyl sites for hydroxylation is 1. The van der Waals surface area contributed by atoms with Crippen LogP contribution in [0.1, 0.15) is 97.3 Å². The third kappa shape index (κ3) is 7.58. The summed E-state index contributed by atoms with van der Waals surface area (Å²) in [6.07, 6.45) is 5.67. The molecule has 4 amide bonds. The van der Waals surface area contributed by atoms with Crippen LogP contribution < -0.4 is 20.1 Å². The first-order valence-electron chi connectivity index (χ1n) is 18.9. The number of nitrogens with zero attached hydrogens (tertiary/aromatic N) is 5. The lowest BCUT2D eigenvalue weighted by Gasteiger charge is -2.63. The first kappa shape index (κ1) is 38.5. The van der Waals surface area contributed by atoms with E-state index in [1.54, 1.807) is 47.1 Å². The molecule has 1 unspecified atom stereocenters. The zero-order chi connectivity index (χ0) is 39.8. The molecule has 0 bridgehead atoms. The molecule has 0 radical (unpaired) electrons. The number of halogens is 1. The van der Waals surface area contributed by atoms with Crippen LogP contribution in [0.5, 0.6) is 11.5 Å². The van der Waals surface area contributed by atoms with E-state index in [1.807, 2.05) is 24.4 Å². The monoisotopic (exact) mass is 777 g/mol. The molecule has 7 rings (SSSR count). The van der Waals surface area contributed by atoms with Crippen LogP contribution in [0.25, 0.3) is 5.69 Å². The van der Waals surface area contributed by atoms with Crippen molar-refractivity contribution in [3.63, 3.8) is 0 Å². The first-order chi connectivity index (χ1) is 26.8. The standard InChI is InChI=1S/C42H44ClN7O6/c1-41(2)39(42(3,4)40(41)56-31-14-11-26(22-44)33(43)21-31)46-36(52)25-9-12-29(13-10-25)50-24-28(47-48-50)8-6-5-7-19-55-30-15-16-32-27(20-30)23-49(38(32)54)34-17-18-35(51)45-37(34)53/h9-16,20-21,24,34,39-40H,5-8,17-19,23H2,1-4H3,(H,46,52)(H,45,51,53)/t34?,39-,40-. The Morgan fingerprint density at radius 1 is 1.00 bits per heavy atom. The van der Waals surface area contributed by atoms with Crippen LogP contribution in [0.4, 0.5) is 0 Å². The first-order valence-corrected chi connectivity index (χ1v) is 19.2. The minimum absolute atomic E-state index is 0.156. The molecule has 1 saturated carbocycles. The Bertz CT molecular complexity index is 2210. The van der Waals surface area contributed by atoms with Crippen LogP contribution in [-0.4, -0.2) is 68.3 Å². The van der Waals surface area contributed by atoms with E-state index in [9.17, 15) is 24.4 Å². The third-order valence-electron chi connectivity index (χ3n) is 11.2. The summed E-state index contributed by atoms with van der Waals surface area (Å²) in [4.78, 5) is 51.7. The molecule has 0 spiro atoms. The zero-order valence-corrected chi connectivity index (χ0v) is 32.6. The predicted octanol–water partition coefficient (Wildman–Crippen LogP) is 5.96. The summed E-state index contributed by atoms with van der Waals surface area (Å²) in [5, 5.41) is 23.7. The molecule has 1 saturated heterocycles. The van der Waals surface area contributed by atoms with Gasteiger partial charge >= 0.3 is 0 Å². The molecular formula is C42H44ClN7O6. The molecule has 13 nitrogen and oxygen atoms in total. The molecule has 1 aromatic heterocycles. The molecule has 2 N–H and O–H groups in total. The normalized spacial score (nSPS) is 20.8. The van der Waals surface area contributed by atoms with Crippen molar-refractivity contribution >= 4 is 35.2 Å². The average Bonchev–Trinajstić information content (AvgIpc) is 3.78. The SMILES string of the molecule is CC1(C)[C@H](NC(=O)c2ccc(-n3cc(CCCCCOc4ccc5c(c4)CN(C4CCC(=O)NC4=O)C5=O)nn3)cc2)C(C)(C)[C@H]1Oc1ccc(C#N)c(Cl)c1. The van der Waals surface area contributed by atoms with Crippen LogP contribution in [-0.2, 0) is 22.6 Å². The number of nitriles is 1. The van der Waals surface area contributed by atoms with Crippen molar-refractivity contribution in [3.8, 4) is 23.3 Å². The van der Waals surface area contributed by atoms with E-state index in [4.69, 9.17) is 21.1 Å². The lowest BCUT2D eigenvalue weighted by molar-refractivity contribution is -0.164. The number of amides is 4. The van der Waals surface area contributed by atoms with Crippen molar-refractivity contribution in [1.82, 2.24) is 30.5 Å². The molecule has 2 aliphatic heterocycles. The van der Waals surface area contributed by atoms with Crippen molar-refractivity contribution in [2.24, 2.45) is 10.8 Å². The number of carbonyl (C=O) groups is 4. The number of unbranched alkanes of at least 4 members (excludes halogenated alkanes) is 2. The summed E-state index contributed by atoms with van der Waals surface area (Å²) >= 11 is 6.23. The summed E-state index contributed by atoms with van der Waals surface area (Å²) in [7, 11) is 0. The number of piperidine rings is 1. The minimum Gasteiger partial charge on any atom is -0.494 e. The number of imide groups is 1. The molecule has 2 fully saturated rings. The average molecular weight is 778 g/mol. The van der Waals surface area contributed by atoms with E-state index in [0.717, 1.165) is 42.6 Å². The van der Waals surface area contributed by atoms with E-state index in [0.29, 0.717) is 52.8 Å². The summed E-state index contributed by atoms with van der Waals surface area (Å²) in [6, 6.07) is 18.9. The molecular weight excluding hydrogens is 734 g/mol. The summed E-state index contributed by atoms with van der Waals surface area (Å²) in [6.45, 7) is 9.11. The number of fused-ring (bicyclic) bond motifs is 1. The smallest absolute Gasteiger partial charge is 0.255 e. The molecule has 56 heavy (non-hydrogen) atoms. The van der Waals surface area contributed by atoms with Gasteiger partial charge in [-0.05, 0) is 92.3 Å². The lowest BCUT2D eigenvalue weighted by Crippen LogP contribution is -2.74. The summed E-state index contributed by atoms with van der Waals surface area (Å²) < 4.78 is 14.0. The second-order valence-electron chi connectivity index (χ2n) is 15.9. The largest absolute Gasteiger partial charge is 0.494 e. The van der Waals surface area contributed by atoms with Crippen LogP contribution in [0.3, 0.4) is 0 Å². The number of carbonyl (C=O) groups excluding carboxylic acids is 4. The fourth-order valence-corrected chi connectivity index (χ4v) is 8.74. The van der Waals surface area contributed by atoms with Gasteiger partial charge in [0.15, 0.2) is 0 Å². The predicted molar refractivity (Wildman–Crippen MR) is 206 cm³/mol. The van der Waals surface area contributed by atoms with Gasteiger partial charge < -0.3 is 19.7 Å². The third-order valence-corrected chi connectivity index (χ3v) is 11.5. The topological polar surface area (TPSA) is 169 Å². The van der Waals surface area contributed by atoms with Gasteiger partial charge in [-0.1, -0.05) is 44.5 Å². The van der Waals surface area contributed by atoms with Crippen LogP contribution in [0, 0.1) is 22.2 Å². The molecule has 1 atom stereocenters. The lowest BCUT2D eigenvalue weighted by atomic mass is 9.49. The van der Waals surface area contributed by atoms with Gasteiger partial charge in [0, 0.05) is 47.0 Å². The van der Waals surface area contributed by atoms with E-state index in [2.05, 4.69) is 54.7 Å². The molecule has 3 heterocycles. The quantitative estimate of drug-likeness (QED) is 0.123. The molecule has 1 aliphatic carbocycles. The van der Waals surface area contributed by atoms with Crippen molar-refractivity contribution < 1.29 is 28.7 Å². The summed E-state index contributed by atoms with van der Waals surface area (Å²) in [5.41, 5.74) is 3.21. The van der Waals surface area contributed by atoms with Crippen molar-refractivity contribution in [3.05, 3.63) is 99.8 Å². The number of rotatable bonds is 13. The second-order valence-corrected chi connectivity index (χ2v) is 16.3. The van der Waals surface area contributed by atoms with Crippen LogP contribution in [0.2, 0.25) is 5.02 Å². The number of hydrogen-bond donors (Lipinski definition) is 2. The number of ether oxygens (including phenoxy) is 2. The highest BCUT2D eigenvalue weighted by molar-refractivity contribution is 6.31. The number of benzene rings is 3. The Kier molecular flexibility index (Phi) is 10.6. The maximum absolute atomic E-state index is 13.4. The molecule has 4 aromatic rings. The van der Waals surface area contributed by atoms with Gasteiger partial charge in [0.25, 0.3) is 11.8 Å². The molecule has 290 valence electrons. The Morgan fingerprint density at radius 3 is 2.46 bits per heavy atom. The van der Waals surface area contributed by atoms with E-state index in [-0.39, 0.29) is 47.1 Å². The van der Waals surface area contributed by atoms with Crippen molar-refractivity contribution in [2.45, 2.75) is 91.0 Å². The number of aromatic nitrogens is 3. The van der Waals surface area contributed by atoms with Gasteiger partial charge in [0.1, 0.15) is 29.7 Å². The van der Waals surface area contributed by atoms with E-state index in [1.165, 1.54) is 4.90 Å². The van der Waals surface area contributed by atoms with Gasteiger partial charge in [0.2, 0.25) is 11.8 Å². The van der Waals surface area contributed by atoms with Crippen molar-refractivity contribution in [1.29, 1.82) is 5.26 Å². The second kappa shape index (κ2) is 15.4. The van der Waals surface area contributed by atoms with Gasteiger partial charge in [-0.3, -0.25) is 24.5 Å². The fraction of sp³-hybridized carbons (Fsp3) is 0.405. The van der Waals surface area contributed by atoms with Crippen LogP contribution >= 0.6 is 11.6 Å². The molecule has 3 aliphatic rings. The Morgan fingerprint density at radius 2 is 1.75 bits per heavy atom. The Hall–Kier alpha value is -5.74. The maximum atomic E-state index is 13.4. The Balaban J connectivity index is 0.844. The summed E-state index contributed by atoms with van der Waals surface area (Å²) in [5.74, 6) is 0.150. The highest BCUT2D eigenvalue weighted by Gasteiger charge is 2.64. The number of hydrogen-bond acceptors (Lipinski definition) is 9. The van der Waals surface area contributed by atoms with Gasteiger partial charge in [-0.25, -0.2) is 4.68 Å². The Labute approximate surface area is 330 Å². The maximum Gasteiger partial charge on any atom is 0.255 e. The van der Waals surface area contributed by atoms with Gasteiger partial charge in [-0.15, -0.1) is 5.10 Å². The van der Waals surface area contributed by atoms with Crippen LogP contribution in [0.15, 0.2) is 66.9 Å². The number of nitrogens with one attached hydrogen (secondary N) is 2. The molecule has 3 aromatic carbocycles. The van der Waals surface area contributed by atoms with Gasteiger partial charge in [0.05, 0.1) is 34.8 Å².